The number of sulfonamides is 1. The highest BCUT2D eigenvalue weighted by atomic mass is 32.2. The molecule has 138 valence electrons. The van der Waals surface area contributed by atoms with E-state index in [2.05, 4.69) is 11.0 Å². The number of β-lactam (4-membered cyclic amide) rings is 1. The standard InChI is InChI=1S/C18H22N4O3S/c19-14-16-3-1-4-17(13-16)15-20-8-10-22(11-9-20)26(24,25)12-2-6-21-7-5-18(21)23/h1-4,12-13H,5-11,15H2/b12-2+. The van der Waals surface area contributed by atoms with E-state index in [-0.39, 0.29) is 5.91 Å². The van der Waals surface area contributed by atoms with Crippen molar-refractivity contribution in [1.82, 2.24) is 14.1 Å². The third kappa shape index (κ3) is 4.49. The number of likely N-dealkylation sites (tertiary alicyclic amines) is 1. The molecule has 2 saturated heterocycles. The molecule has 26 heavy (non-hydrogen) atoms. The normalized spacial score (nSPS) is 19.5. The van der Waals surface area contributed by atoms with E-state index in [9.17, 15) is 13.2 Å². The van der Waals surface area contributed by atoms with Crippen LogP contribution in [-0.2, 0) is 21.4 Å². The van der Waals surface area contributed by atoms with Crippen LogP contribution in [-0.4, -0.2) is 67.7 Å². The molecular weight excluding hydrogens is 352 g/mol. The second kappa shape index (κ2) is 7.99. The summed E-state index contributed by atoms with van der Waals surface area (Å²) < 4.78 is 26.2. The largest absolute Gasteiger partial charge is 0.338 e. The monoisotopic (exact) mass is 374 g/mol. The van der Waals surface area contributed by atoms with E-state index in [1.807, 2.05) is 18.2 Å². The fourth-order valence-electron chi connectivity index (χ4n) is 3.07. The molecule has 0 bridgehead atoms. The smallest absolute Gasteiger partial charge is 0.236 e. The Morgan fingerprint density at radius 3 is 2.54 bits per heavy atom. The number of hydrogen-bond donors (Lipinski definition) is 0. The zero-order valence-corrected chi connectivity index (χ0v) is 15.4. The molecule has 0 radical (unpaired) electrons. The molecule has 0 unspecified atom stereocenters. The minimum Gasteiger partial charge on any atom is -0.338 e. The van der Waals surface area contributed by atoms with Crippen molar-refractivity contribution in [2.75, 3.05) is 39.3 Å². The average Bonchev–Trinajstić information content (AvgIpc) is 2.64. The van der Waals surface area contributed by atoms with Crippen LogP contribution in [0.4, 0.5) is 0 Å². The van der Waals surface area contributed by atoms with Gasteiger partial charge in [-0.3, -0.25) is 9.69 Å². The summed E-state index contributed by atoms with van der Waals surface area (Å²) >= 11 is 0. The zero-order chi connectivity index (χ0) is 18.6. The Balaban J connectivity index is 1.50. The fourth-order valence-corrected chi connectivity index (χ4v) is 4.25. The molecule has 0 N–H and O–H groups in total. The second-order valence-corrected chi connectivity index (χ2v) is 8.31. The molecule has 2 aliphatic rings. The Morgan fingerprint density at radius 2 is 1.92 bits per heavy atom. The lowest BCUT2D eigenvalue weighted by Gasteiger charge is -2.33. The van der Waals surface area contributed by atoms with Crippen molar-refractivity contribution in [3.05, 3.63) is 46.9 Å². The van der Waals surface area contributed by atoms with Crippen molar-refractivity contribution in [3.8, 4) is 6.07 Å². The molecule has 0 aliphatic carbocycles. The van der Waals surface area contributed by atoms with E-state index >= 15 is 0 Å². The van der Waals surface area contributed by atoms with Crippen molar-refractivity contribution in [1.29, 1.82) is 5.26 Å². The van der Waals surface area contributed by atoms with Gasteiger partial charge in [0.15, 0.2) is 0 Å². The maximum atomic E-state index is 12.4. The van der Waals surface area contributed by atoms with Gasteiger partial charge in [0, 0.05) is 57.6 Å². The lowest BCUT2D eigenvalue weighted by Crippen LogP contribution is -2.47. The Bertz CT molecular complexity index is 836. The van der Waals surface area contributed by atoms with Gasteiger partial charge in [0.2, 0.25) is 15.9 Å². The van der Waals surface area contributed by atoms with Crippen LogP contribution in [0.25, 0.3) is 0 Å². The van der Waals surface area contributed by atoms with Crippen molar-refractivity contribution in [2.45, 2.75) is 13.0 Å². The van der Waals surface area contributed by atoms with Crippen LogP contribution in [0, 0.1) is 11.3 Å². The van der Waals surface area contributed by atoms with Gasteiger partial charge in [-0.2, -0.15) is 9.57 Å². The number of carbonyl (C=O) groups excluding carboxylic acids is 1. The number of carbonyl (C=O) groups is 1. The van der Waals surface area contributed by atoms with Gasteiger partial charge in [-0.25, -0.2) is 8.42 Å². The molecule has 3 rings (SSSR count). The number of rotatable bonds is 6. The molecule has 7 nitrogen and oxygen atoms in total. The van der Waals surface area contributed by atoms with Gasteiger partial charge in [0.05, 0.1) is 11.6 Å². The highest BCUT2D eigenvalue weighted by molar-refractivity contribution is 7.92. The number of nitrogens with zero attached hydrogens (tertiary/aromatic N) is 4. The molecule has 8 heteroatoms. The lowest BCUT2D eigenvalue weighted by atomic mass is 10.1. The number of piperazine rings is 1. The summed E-state index contributed by atoms with van der Waals surface area (Å²) in [5, 5.41) is 10.2. The Labute approximate surface area is 154 Å². The van der Waals surface area contributed by atoms with E-state index in [4.69, 9.17) is 5.26 Å². The maximum Gasteiger partial charge on any atom is 0.236 e. The molecule has 2 fully saturated rings. The summed E-state index contributed by atoms with van der Waals surface area (Å²) in [4.78, 5) is 15.0. The topological polar surface area (TPSA) is 84.7 Å². The van der Waals surface area contributed by atoms with E-state index in [0.717, 1.165) is 5.56 Å². The molecule has 2 heterocycles. The van der Waals surface area contributed by atoms with Crippen molar-refractivity contribution in [3.63, 3.8) is 0 Å². The van der Waals surface area contributed by atoms with Gasteiger partial charge in [-0.05, 0) is 17.7 Å². The summed E-state index contributed by atoms with van der Waals surface area (Å²) in [6, 6.07) is 9.61. The van der Waals surface area contributed by atoms with E-state index in [1.54, 1.807) is 17.0 Å². The van der Waals surface area contributed by atoms with Crippen LogP contribution < -0.4 is 0 Å². The van der Waals surface area contributed by atoms with Gasteiger partial charge >= 0.3 is 0 Å². The van der Waals surface area contributed by atoms with Gasteiger partial charge in [0.25, 0.3) is 0 Å². The van der Waals surface area contributed by atoms with Gasteiger partial charge in [0.1, 0.15) is 0 Å². The lowest BCUT2D eigenvalue weighted by molar-refractivity contribution is -0.138. The second-order valence-electron chi connectivity index (χ2n) is 6.49. The van der Waals surface area contributed by atoms with E-state index < -0.39 is 10.0 Å². The molecular formula is C18H22N4O3S. The quantitative estimate of drug-likeness (QED) is 0.686. The van der Waals surface area contributed by atoms with Crippen molar-refractivity contribution >= 4 is 15.9 Å². The summed E-state index contributed by atoms with van der Waals surface area (Å²) in [7, 11) is -3.44. The average molecular weight is 374 g/mol. The fraction of sp³-hybridized carbons (Fsp3) is 0.444. The first-order chi connectivity index (χ1) is 12.5. The van der Waals surface area contributed by atoms with Crippen molar-refractivity contribution < 1.29 is 13.2 Å². The Morgan fingerprint density at radius 1 is 1.15 bits per heavy atom. The van der Waals surface area contributed by atoms with Crippen LogP contribution in [0.15, 0.2) is 35.7 Å². The molecule has 1 aromatic rings. The molecule has 0 spiro atoms. The summed E-state index contributed by atoms with van der Waals surface area (Å²) in [5.41, 5.74) is 1.69. The van der Waals surface area contributed by atoms with E-state index in [0.29, 0.717) is 57.8 Å². The van der Waals surface area contributed by atoms with Crippen LogP contribution >= 0.6 is 0 Å². The van der Waals surface area contributed by atoms with Crippen LogP contribution in [0.2, 0.25) is 0 Å². The van der Waals surface area contributed by atoms with Crippen LogP contribution in [0.1, 0.15) is 17.5 Å². The first-order valence-corrected chi connectivity index (χ1v) is 10.1. The minimum absolute atomic E-state index is 0.0705. The summed E-state index contributed by atoms with van der Waals surface area (Å²) in [6.07, 6.45) is 2.10. The molecule has 1 aromatic carbocycles. The molecule has 0 atom stereocenters. The third-order valence-corrected chi connectivity index (χ3v) is 6.32. The van der Waals surface area contributed by atoms with Gasteiger partial charge in [-0.1, -0.05) is 18.2 Å². The predicted octanol–water partition coefficient (Wildman–Crippen LogP) is 0.752. The van der Waals surface area contributed by atoms with Crippen LogP contribution in [0.5, 0.6) is 0 Å². The Kier molecular flexibility index (Phi) is 5.71. The summed E-state index contributed by atoms with van der Waals surface area (Å²) in [5.74, 6) is 0.0705. The number of amides is 1. The van der Waals surface area contributed by atoms with Gasteiger partial charge in [-0.15, -0.1) is 0 Å². The zero-order valence-electron chi connectivity index (χ0n) is 14.5. The van der Waals surface area contributed by atoms with Crippen molar-refractivity contribution in [2.24, 2.45) is 0 Å². The SMILES string of the molecule is N#Cc1cccc(CN2CCN(S(=O)(=O)/C=C/CN3CCC3=O)CC2)c1. The molecule has 0 saturated carbocycles. The Hall–Kier alpha value is -2.21. The number of hydrogen-bond acceptors (Lipinski definition) is 5. The highest BCUT2D eigenvalue weighted by Crippen LogP contribution is 2.14. The number of nitriles is 1. The van der Waals surface area contributed by atoms with E-state index in [1.165, 1.54) is 9.71 Å². The highest BCUT2D eigenvalue weighted by Gasteiger charge is 2.26. The molecule has 1 amide bonds. The minimum atomic E-state index is -3.44. The first-order valence-electron chi connectivity index (χ1n) is 8.64. The third-order valence-electron chi connectivity index (χ3n) is 4.70. The van der Waals surface area contributed by atoms with Crippen LogP contribution in [0.3, 0.4) is 0 Å². The predicted molar refractivity (Wildman–Crippen MR) is 97.3 cm³/mol. The van der Waals surface area contributed by atoms with Gasteiger partial charge < -0.3 is 4.90 Å². The summed E-state index contributed by atoms with van der Waals surface area (Å²) in [6.45, 7) is 3.93. The maximum absolute atomic E-state index is 12.4. The molecule has 2 aliphatic heterocycles. The number of benzene rings is 1. The first kappa shape index (κ1) is 18.6. The molecule has 0 aromatic heterocycles.